The van der Waals surface area contributed by atoms with Crippen LogP contribution in [0.3, 0.4) is 0 Å². The van der Waals surface area contributed by atoms with Crippen molar-refractivity contribution in [3.8, 4) is 0 Å². The summed E-state index contributed by atoms with van der Waals surface area (Å²) >= 11 is 0. The van der Waals surface area contributed by atoms with Crippen LogP contribution in [0.5, 0.6) is 0 Å². The molecule has 334 valence electrons. The van der Waals surface area contributed by atoms with E-state index < -0.39 is 122 Å². The van der Waals surface area contributed by atoms with Crippen molar-refractivity contribution in [2.45, 2.75) is 81.3 Å². The van der Waals surface area contributed by atoms with E-state index in [1.54, 1.807) is 60.8 Å². The van der Waals surface area contributed by atoms with E-state index in [-0.39, 0.29) is 25.8 Å². The molecular formula is C40H52N10O12. The number of aliphatic hydroxyl groups excluding tert-OH is 2. The molecule has 0 spiro atoms. The number of carbonyl (C=O) groups excluding carboxylic acids is 8. The minimum absolute atomic E-state index is 0.0827. The summed E-state index contributed by atoms with van der Waals surface area (Å²) < 4.78 is 0. The summed E-state index contributed by atoms with van der Waals surface area (Å²) in [7, 11) is 0. The van der Waals surface area contributed by atoms with Gasteiger partial charge < -0.3 is 68.6 Å². The van der Waals surface area contributed by atoms with Crippen LogP contribution < -0.4 is 43.4 Å². The molecule has 0 unspecified atom stereocenters. The number of aliphatic hydroxyl groups is 2. The lowest BCUT2D eigenvalue weighted by molar-refractivity contribution is -0.144. The number of amides is 8. The average molecular weight is 865 g/mol. The molecule has 1 aliphatic heterocycles. The quantitative estimate of drug-likeness (QED) is 0.0456. The van der Waals surface area contributed by atoms with E-state index in [1.165, 1.54) is 6.92 Å². The van der Waals surface area contributed by atoms with Crippen LogP contribution in [0.2, 0.25) is 0 Å². The Morgan fingerprint density at radius 2 is 1.32 bits per heavy atom. The third-order valence-corrected chi connectivity index (χ3v) is 10.0. The Balaban J connectivity index is 1.43. The minimum Gasteiger partial charge on any atom is -0.481 e. The number of nitrogens with two attached hydrogens (primary N) is 2. The van der Waals surface area contributed by atoms with E-state index in [4.69, 9.17) is 16.6 Å². The van der Waals surface area contributed by atoms with Crippen LogP contribution in [0, 0.1) is 0 Å². The number of para-hydroxylation sites is 1. The van der Waals surface area contributed by atoms with Crippen LogP contribution in [-0.2, 0) is 56.0 Å². The average Bonchev–Trinajstić information content (AvgIpc) is 3.91. The minimum atomic E-state index is -1.73. The largest absolute Gasteiger partial charge is 0.481 e. The first kappa shape index (κ1) is 47.8. The fourth-order valence-electron chi connectivity index (χ4n) is 6.75. The number of carboxylic acid groups (broad SMARTS) is 1. The molecule has 62 heavy (non-hydrogen) atoms. The Hall–Kier alpha value is -6.91. The number of carboxylic acids is 1. The van der Waals surface area contributed by atoms with Gasteiger partial charge in [0.2, 0.25) is 47.3 Å². The molecule has 1 saturated heterocycles. The van der Waals surface area contributed by atoms with Crippen molar-refractivity contribution in [1.29, 1.82) is 0 Å². The second-order valence-electron chi connectivity index (χ2n) is 14.7. The second-order valence-corrected chi connectivity index (χ2v) is 14.7. The summed E-state index contributed by atoms with van der Waals surface area (Å²) in [4.78, 5) is 120. The Kier molecular flexibility index (Phi) is 17.4. The molecule has 0 aliphatic carbocycles. The molecule has 1 fully saturated rings. The van der Waals surface area contributed by atoms with E-state index in [0.29, 0.717) is 17.5 Å². The second kappa shape index (κ2) is 22.6. The Morgan fingerprint density at radius 3 is 1.94 bits per heavy atom. The van der Waals surface area contributed by atoms with E-state index in [9.17, 15) is 53.4 Å². The number of aromatic amines is 1. The van der Waals surface area contributed by atoms with Gasteiger partial charge in [-0.05, 0) is 37.0 Å². The zero-order valence-electron chi connectivity index (χ0n) is 33.8. The maximum absolute atomic E-state index is 13.7. The standard InChI is InChI=1S/C40H52N10O12/c1-21(45-39(61)31-12-7-13-50(31)40(62)25(41)16-33(54)55)34(56)46-27(14-22-8-3-2-4-9-22)36(58)48-30(20-52)38(60)49-29(19-51)37(59)47-28(35(57)44-18-32(42)53)15-23-17-43-26-11-6-5-10-24(23)26/h2-6,8-11,17,21,25,27-31,43,51-52H,7,12-16,18-20,41H2,1H3,(H2,42,53)(H,44,57)(H,45,61)(H,46,56)(H,47,59)(H,48,58)(H,49,60)(H,54,55)/t21-,25-,27-,28-,29-,30-,31-/m0/s1. The molecule has 8 amide bonds. The molecule has 0 radical (unpaired) electrons. The highest BCUT2D eigenvalue weighted by atomic mass is 16.4. The van der Waals surface area contributed by atoms with Crippen molar-refractivity contribution >= 4 is 64.1 Å². The summed E-state index contributed by atoms with van der Waals surface area (Å²) in [6.07, 6.45) is 1.44. The van der Waals surface area contributed by atoms with Crippen LogP contribution in [0.1, 0.15) is 37.3 Å². The number of aliphatic carboxylic acids is 1. The lowest BCUT2D eigenvalue weighted by Gasteiger charge is -2.28. The highest BCUT2D eigenvalue weighted by molar-refractivity contribution is 5.98. The smallest absolute Gasteiger partial charge is 0.305 e. The zero-order chi connectivity index (χ0) is 45.5. The van der Waals surface area contributed by atoms with Crippen LogP contribution in [0.15, 0.2) is 60.8 Å². The fraction of sp³-hybridized carbons (Fsp3) is 0.425. The van der Waals surface area contributed by atoms with Crippen LogP contribution in [0.25, 0.3) is 10.9 Å². The third-order valence-electron chi connectivity index (χ3n) is 10.0. The van der Waals surface area contributed by atoms with Gasteiger partial charge in [0.15, 0.2) is 0 Å². The number of primary amides is 1. The van der Waals surface area contributed by atoms with Crippen molar-refractivity contribution in [1.82, 2.24) is 41.8 Å². The number of benzene rings is 2. The Labute approximate surface area is 354 Å². The number of carbonyl (C=O) groups is 9. The molecule has 0 bridgehead atoms. The molecule has 4 rings (SSSR count). The van der Waals surface area contributed by atoms with E-state index in [2.05, 4.69) is 36.9 Å². The van der Waals surface area contributed by atoms with Gasteiger partial charge in [0.05, 0.1) is 32.2 Å². The molecule has 22 nitrogen and oxygen atoms in total. The van der Waals surface area contributed by atoms with Gasteiger partial charge in [0.25, 0.3) is 0 Å². The Morgan fingerprint density at radius 1 is 0.758 bits per heavy atom. The molecular weight excluding hydrogens is 812 g/mol. The van der Waals surface area contributed by atoms with Crippen molar-refractivity contribution in [2.24, 2.45) is 11.5 Å². The molecule has 7 atom stereocenters. The van der Waals surface area contributed by atoms with Gasteiger partial charge in [-0.25, -0.2) is 0 Å². The van der Waals surface area contributed by atoms with Gasteiger partial charge >= 0.3 is 5.97 Å². The topological polar surface area (TPSA) is 358 Å². The summed E-state index contributed by atoms with van der Waals surface area (Å²) in [6, 6.07) is 5.76. The highest BCUT2D eigenvalue weighted by Gasteiger charge is 2.38. The molecule has 14 N–H and O–H groups in total. The number of hydrogen-bond donors (Lipinski definition) is 12. The third kappa shape index (κ3) is 13.3. The van der Waals surface area contributed by atoms with Gasteiger partial charge in [0.1, 0.15) is 36.3 Å². The first-order valence-corrected chi connectivity index (χ1v) is 19.7. The number of likely N-dealkylation sites (tertiary alicyclic amines) is 1. The molecule has 1 aliphatic rings. The normalized spacial score (nSPS) is 16.4. The molecule has 1 aromatic heterocycles. The predicted molar refractivity (Wildman–Crippen MR) is 219 cm³/mol. The summed E-state index contributed by atoms with van der Waals surface area (Å²) in [5.41, 5.74) is 12.9. The number of nitrogens with zero attached hydrogens (tertiary/aromatic N) is 1. The van der Waals surface area contributed by atoms with Gasteiger partial charge in [0, 0.05) is 36.5 Å². The monoisotopic (exact) mass is 864 g/mol. The number of H-pyrrole nitrogens is 1. The lowest BCUT2D eigenvalue weighted by atomic mass is 10.0. The van der Waals surface area contributed by atoms with Gasteiger partial charge in [-0.3, -0.25) is 43.2 Å². The molecule has 0 saturated carbocycles. The molecule has 3 aromatic rings. The number of nitrogens with one attached hydrogen (secondary N) is 7. The Bertz CT molecular complexity index is 2110. The number of fused-ring (bicyclic) bond motifs is 1. The SMILES string of the molecule is C[C@H](NC(=O)[C@@H]1CCCN1C(=O)[C@@H](N)CC(=O)O)C(=O)N[C@@H](Cc1ccccc1)C(=O)N[C@@H](CO)C(=O)N[C@@H](CO)C(=O)N[C@@H](Cc1c[nH]c2ccccc12)C(=O)NCC(N)=O. The lowest BCUT2D eigenvalue weighted by Crippen LogP contribution is -2.61. The summed E-state index contributed by atoms with van der Waals surface area (Å²) in [5.74, 6) is -8.30. The molecule has 22 heteroatoms. The van der Waals surface area contributed by atoms with Gasteiger partial charge in [-0.15, -0.1) is 0 Å². The number of hydrogen-bond acceptors (Lipinski definition) is 12. The van der Waals surface area contributed by atoms with Gasteiger partial charge in [-0.2, -0.15) is 0 Å². The fourth-order valence-corrected chi connectivity index (χ4v) is 6.75. The summed E-state index contributed by atoms with van der Waals surface area (Å²) in [5, 5.41) is 44.5. The summed E-state index contributed by atoms with van der Waals surface area (Å²) in [6.45, 7) is -1.04. The van der Waals surface area contributed by atoms with Crippen LogP contribution in [-0.4, -0.2) is 147 Å². The van der Waals surface area contributed by atoms with Crippen LogP contribution >= 0.6 is 0 Å². The predicted octanol–water partition coefficient (Wildman–Crippen LogP) is -4.22. The zero-order valence-corrected chi connectivity index (χ0v) is 33.8. The molecule has 2 aromatic carbocycles. The van der Waals surface area contributed by atoms with Crippen molar-refractivity contribution < 1.29 is 58.5 Å². The van der Waals surface area contributed by atoms with Crippen molar-refractivity contribution in [3.05, 3.63) is 71.9 Å². The van der Waals surface area contributed by atoms with E-state index in [1.807, 2.05) is 0 Å². The van der Waals surface area contributed by atoms with E-state index >= 15 is 0 Å². The number of rotatable bonds is 22. The first-order valence-electron chi connectivity index (χ1n) is 19.7. The highest BCUT2D eigenvalue weighted by Crippen LogP contribution is 2.20. The number of aromatic nitrogens is 1. The van der Waals surface area contributed by atoms with Crippen molar-refractivity contribution in [3.63, 3.8) is 0 Å². The first-order chi connectivity index (χ1) is 29.5. The van der Waals surface area contributed by atoms with Crippen molar-refractivity contribution in [2.75, 3.05) is 26.3 Å². The van der Waals surface area contributed by atoms with Gasteiger partial charge in [-0.1, -0.05) is 48.5 Å². The maximum Gasteiger partial charge on any atom is 0.305 e. The molecule has 2 heterocycles. The van der Waals surface area contributed by atoms with E-state index in [0.717, 1.165) is 15.8 Å². The maximum atomic E-state index is 13.7. The van der Waals surface area contributed by atoms with Crippen LogP contribution in [0.4, 0.5) is 0 Å².